The Hall–Kier alpha value is -2.33. The van der Waals surface area contributed by atoms with Crippen LogP contribution in [-0.2, 0) is 6.54 Å². The van der Waals surface area contributed by atoms with Gasteiger partial charge in [0.1, 0.15) is 5.75 Å². The molecule has 3 rings (SSSR count). The lowest BCUT2D eigenvalue weighted by molar-refractivity contribution is 0.0906. The fraction of sp³-hybridized carbons (Fsp3) is 0.381. The topological polar surface area (TPSA) is 41.6 Å². The van der Waals surface area contributed by atoms with E-state index in [1.807, 2.05) is 18.2 Å². The van der Waals surface area contributed by atoms with Crippen LogP contribution < -0.4 is 10.1 Å². The molecule has 1 saturated heterocycles. The summed E-state index contributed by atoms with van der Waals surface area (Å²) in [6.45, 7) is 5.12. The fourth-order valence-electron chi connectivity index (χ4n) is 3.40. The summed E-state index contributed by atoms with van der Waals surface area (Å²) in [4.78, 5) is 15.0. The second-order valence-electron chi connectivity index (χ2n) is 6.71. The molecule has 1 amide bonds. The number of benzene rings is 2. The third-order valence-corrected chi connectivity index (χ3v) is 4.76. The summed E-state index contributed by atoms with van der Waals surface area (Å²) in [5.41, 5.74) is 3.26. The summed E-state index contributed by atoms with van der Waals surface area (Å²) in [5, 5.41) is 3.16. The van der Waals surface area contributed by atoms with Crippen LogP contribution in [0.1, 0.15) is 34.3 Å². The van der Waals surface area contributed by atoms with E-state index in [2.05, 4.69) is 41.4 Å². The predicted molar refractivity (Wildman–Crippen MR) is 99.9 cm³/mol. The van der Waals surface area contributed by atoms with Crippen molar-refractivity contribution in [2.45, 2.75) is 32.4 Å². The SMILES string of the molecule is COc1ccccc1C(=O)NC1CCN(Cc2cccc(C)c2)CC1. The van der Waals surface area contributed by atoms with E-state index in [1.54, 1.807) is 13.2 Å². The standard InChI is InChI=1S/C21H26N2O2/c1-16-6-5-7-17(14-16)15-23-12-10-18(11-13-23)22-21(24)19-8-3-4-9-20(19)25-2/h3-9,14,18H,10-13,15H2,1-2H3,(H,22,24). The van der Waals surface area contributed by atoms with Crippen LogP contribution in [0.3, 0.4) is 0 Å². The quantitative estimate of drug-likeness (QED) is 0.908. The van der Waals surface area contributed by atoms with Gasteiger partial charge in [0.25, 0.3) is 5.91 Å². The van der Waals surface area contributed by atoms with Gasteiger partial charge in [-0.3, -0.25) is 9.69 Å². The first-order valence-electron chi connectivity index (χ1n) is 8.87. The van der Waals surface area contributed by atoms with E-state index in [-0.39, 0.29) is 11.9 Å². The Kier molecular flexibility index (Phi) is 5.71. The summed E-state index contributed by atoms with van der Waals surface area (Å²) >= 11 is 0. The molecule has 0 saturated carbocycles. The molecule has 1 heterocycles. The maximum absolute atomic E-state index is 12.5. The van der Waals surface area contributed by atoms with E-state index in [9.17, 15) is 4.79 Å². The molecule has 2 aromatic carbocycles. The number of nitrogens with one attached hydrogen (secondary N) is 1. The van der Waals surface area contributed by atoms with E-state index in [4.69, 9.17) is 4.74 Å². The summed E-state index contributed by atoms with van der Waals surface area (Å²) in [5.74, 6) is 0.575. The van der Waals surface area contributed by atoms with Gasteiger partial charge in [0.2, 0.25) is 0 Å². The van der Waals surface area contributed by atoms with Crippen LogP contribution in [0.2, 0.25) is 0 Å². The number of ether oxygens (including phenoxy) is 1. The molecule has 132 valence electrons. The van der Waals surface area contributed by atoms with Gasteiger partial charge >= 0.3 is 0 Å². The van der Waals surface area contributed by atoms with Gasteiger partial charge in [-0.2, -0.15) is 0 Å². The number of methoxy groups -OCH3 is 1. The Labute approximate surface area is 149 Å². The lowest BCUT2D eigenvalue weighted by Crippen LogP contribution is -2.44. The number of likely N-dealkylation sites (tertiary alicyclic amines) is 1. The van der Waals surface area contributed by atoms with Crippen LogP contribution in [0.15, 0.2) is 48.5 Å². The highest BCUT2D eigenvalue weighted by atomic mass is 16.5. The number of amides is 1. The Morgan fingerprint density at radius 3 is 2.64 bits per heavy atom. The van der Waals surface area contributed by atoms with Gasteiger partial charge in [0.05, 0.1) is 12.7 Å². The Bertz CT molecular complexity index is 721. The first-order valence-corrected chi connectivity index (χ1v) is 8.87. The van der Waals surface area contributed by atoms with Crippen molar-refractivity contribution < 1.29 is 9.53 Å². The van der Waals surface area contributed by atoms with Gasteiger partial charge in [-0.1, -0.05) is 42.0 Å². The number of hydrogen-bond donors (Lipinski definition) is 1. The van der Waals surface area contributed by atoms with Gasteiger partial charge < -0.3 is 10.1 Å². The van der Waals surface area contributed by atoms with Crippen molar-refractivity contribution in [3.63, 3.8) is 0 Å². The van der Waals surface area contributed by atoms with Gasteiger partial charge in [-0.15, -0.1) is 0 Å². The second kappa shape index (κ2) is 8.17. The van der Waals surface area contributed by atoms with E-state index in [0.29, 0.717) is 11.3 Å². The highest BCUT2D eigenvalue weighted by Crippen LogP contribution is 2.19. The third kappa shape index (κ3) is 4.60. The lowest BCUT2D eigenvalue weighted by Gasteiger charge is -2.32. The molecule has 1 fully saturated rings. The molecule has 4 nitrogen and oxygen atoms in total. The third-order valence-electron chi connectivity index (χ3n) is 4.76. The number of aryl methyl sites for hydroxylation is 1. The van der Waals surface area contributed by atoms with Crippen molar-refractivity contribution in [3.8, 4) is 5.75 Å². The van der Waals surface area contributed by atoms with Crippen LogP contribution in [-0.4, -0.2) is 37.0 Å². The summed E-state index contributed by atoms with van der Waals surface area (Å²) in [6.07, 6.45) is 1.96. The first-order chi connectivity index (χ1) is 12.2. The second-order valence-corrected chi connectivity index (χ2v) is 6.71. The Morgan fingerprint density at radius 2 is 1.92 bits per heavy atom. The van der Waals surface area contributed by atoms with Crippen LogP contribution in [0.5, 0.6) is 5.75 Å². The number of carbonyl (C=O) groups excluding carboxylic acids is 1. The zero-order chi connectivity index (χ0) is 17.6. The molecule has 0 atom stereocenters. The molecule has 0 bridgehead atoms. The molecule has 2 aromatic rings. The van der Waals surface area contributed by atoms with Crippen LogP contribution in [0.4, 0.5) is 0 Å². The van der Waals surface area contributed by atoms with Gasteiger partial charge in [0, 0.05) is 25.7 Å². The van der Waals surface area contributed by atoms with Gasteiger partial charge in [-0.05, 0) is 37.5 Å². The molecule has 25 heavy (non-hydrogen) atoms. The predicted octanol–water partition coefficient (Wildman–Crippen LogP) is 3.40. The van der Waals surface area contributed by atoms with E-state index >= 15 is 0 Å². The van der Waals surface area contributed by atoms with Crippen molar-refractivity contribution in [2.24, 2.45) is 0 Å². The van der Waals surface area contributed by atoms with Crippen molar-refractivity contribution in [1.29, 1.82) is 0 Å². The van der Waals surface area contributed by atoms with Crippen molar-refractivity contribution in [2.75, 3.05) is 20.2 Å². The number of piperidine rings is 1. The van der Waals surface area contributed by atoms with E-state index in [0.717, 1.165) is 32.5 Å². The maximum Gasteiger partial charge on any atom is 0.255 e. The molecule has 1 N–H and O–H groups in total. The highest BCUT2D eigenvalue weighted by Gasteiger charge is 2.22. The lowest BCUT2D eigenvalue weighted by atomic mass is 10.0. The number of carbonyl (C=O) groups is 1. The maximum atomic E-state index is 12.5. The largest absolute Gasteiger partial charge is 0.496 e. The minimum Gasteiger partial charge on any atom is -0.496 e. The minimum atomic E-state index is -0.0467. The molecule has 1 aliphatic heterocycles. The van der Waals surface area contributed by atoms with E-state index in [1.165, 1.54) is 11.1 Å². The summed E-state index contributed by atoms with van der Waals surface area (Å²) in [6, 6.07) is 16.3. The normalized spacial score (nSPS) is 15.8. The average Bonchev–Trinajstić information content (AvgIpc) is 2.63. The number of para-hydroxylation sites is 1. The van der Waals surface area contributed by atoms with Crippen molar-refractivity contribution in [1.82, 2.24) is 10.2 Å². The monoisotopic (exact) mass is 338 g/mol. The molecular weight excluding hydrogens is 312 g/mol. The Morgan fingerprint density at radius 1 is 1.16 bits per heavy atom. The molecule has 0 aromatic heterocycles. The van der Waals surface area contributed by atoms with Crippen LogP contribution in [0.25, 0.3) is 0 Å². The summed E-state index contributed by atoms with van der Waals surface area (Å²) < 4.78 is 5.28. The van der Waals surface area contributed by atoms with Gasteiger partial charge in [0.15, 0.2) is 0 Å². The Balaban J connectivity index is 1.51. The molecular formula is C21H26N2O2. The van der Waals surface area contributed by atoms with Crippen LogP contribution >= 0.6 is 0 Å². The zero-order valence-corrected chi connectivity index (χ0v) is 15.0. The molecule has 0 aliphatic carbocycles. The average molecular weight is 338 g/mol. The fourth-order valence-corrected chi connectivity index (χ4v) is 3.40. The van der Waals surface area contributed by atoms with Gasteiger partial charge in [-0.25, -0.2) is 0 Å². The number of nitrogens with zero attached hydrogens (tertiary/aromatic N) is 1. The summed E-state index contributed by atoms with van der Waals surface area (Å²) in [7, 11) is 1.59. The molecule has 0 spiro atoms. The highest BCUT2D eigenvalue weighted by molar-refractivity contribution is 5.97. The minimum absolute atomic E-state index is 0.0467. The molecule has 4 heteroatoms. The number of hydrogen-bond acceptors (Lipinski definition) is 3. The van der Waals surface area contributed by atoms with Crippen molar-refractivity contribution in [3.05, 3.63) is 65.2 Å². The first kappa shape index (κ1) is 17.5. The molecule has 0 radical (unpaired) electrons. The zero-order valence-electron chi connectivity index (χ0n) is 15.0. The van der Waals surface area contributed by atoms with E-state index < -0.39 is 0 Å². The van der Waals surface area contributed by atoms with Crippen molar-refractivity contribution >= 4 is 5.91 Å². The molecule has 1 aliphatic rings. The smallest absolute Gasteiger partial charge is 0.255 e. The molecule has 0 unspecified atom stereocenters. The van der Waals surface area contributed by atoms with Crippen LogP contribution in [0, 0.1) is 6.92 Å². The number of rotatable bonds is 5.